The Hall–Kier alpha value is 0.230. The number of rotatable bonds is 0. The SMILES string of the molecule is CS(N)(N)N. The van der Waals surface area contributed by atoms with Gasteiger partial charge in [-0.05, 0) is 0 Å². The van der Waals surface area contributed by atoms with E-state index in [1.54, 1.807) is 6.26 Å². The molecule has 0 aliphatic rings. The van der Waals surface area contributed by atoms with Crippen molar-refractivity contribution < 1.29 is 0 Å². The van der Waals surface area contributed by atoms with Crippen LogP contribution in [0.15, 0.2) is 0 Å². The molecule has 0 aromatic rings. The first kappa shape index (κ1) is 5.23. The quantitative estimate of drug-likeness (QED) is 0.362. The van der Waals surface area contributed by atoms with E-state index in [0.29, 0.717) is 0 Å². The molecule has 0 amide bonds. The maximum absolute atomic E-state index is 4.99. The highest BCUT2D eigenvalue weighted by Crippen LogP contribution is 2.06. The molecule has 0 rings (SSSR count). The summed E-state index contributed by atoms with van der Waals surface area (Å²) in [4.78, 5) is 0. The smallest absolute Gasteiger partial charge is 0.00211 e. The summed E-state index contributed by atoms with van der Waals surface area (Å²) in [6.45, 7) is 0. The fourth-order valence-corrected chi connectivity index (χ4v) is 0. The molecule has 0 unspecified atom stereocenters. The van der Waals surface area contributed by atoms with Crippen molar-refractivity contribution in [3.63, 3.8) is 0 Å². The normalized spacial score (nSPS) is 15.2. The highest BCUT2D eigenvalue weighted by atomic mass is 32.3. The van der Waals surface area contributed by atoms with Crippen molar-refractivity contribution in [1.29, 1.82) is 0 Å². The van der Waals surface area contributed by atoms with E-state index < -0.39 is 10.6 Å². The van der Waals surface area contributed by atoms with Gasteiger partial charge in [-0.2, -0.15) is 0 Å². The molecule has 34 valence electrons. The Morgan fingerprint density at radius 1 is 1.20 bits per heavy atom. The molecule has 0 saturated carbocycles. The van der Waals surface area contributed by atoms with Gasteiger partial charge in [0.2, 0.25) is 0 Å². The molecule has 0 atom stereocenters. The first-order valence-corrected chi connectivity index (χ1v) is 3.35. The Balaban J connectivity index is 3.02. The molecule has 0 fully saturated rings. The lowest BCUT2D eigenvalue weighted by molar-refractivity contribution is 1.67. The third-order valence-electron chi connectivity index (χ3n) is 0. The molecular formula is CH9N3S. The van der Waals surface area contributed by atoms with Crippen LogP contribution in [0.3, 0.4) is 0 Å². The highest BCUT2D eigenvalue weighted by molar-refractivity contribution is 8.27. The minimum absolute atomic E-state index is 1.60. The summed E-state index contributed by atoms with van der Waals surface area (Å²) in [6, 6.07) is 0. The van der Waals surface area contributed by atoms with Crippen molar-refractivity contribution in [2.75, 3.05) is 6.26 Å². The lowest BCUT2D eigenvalue weighted by atomic mass is 12.0. The van der Waals surface area contributed by atoms with Gasteiger partial charge in [0.15, 0.2) is 0 Å². The minimum Gasteiger partial charge on any atom is -0.273 e. The molecule has 0 radical (unpaired) electrons. The van der Waals surface area contributed by atoms with Gasteiger partial charge in [0, 0.05) is 6.26 Å². The van der Waals surface area contributed by atoms with E-state index in [1.807, 2.05) is 0 Å². The second-order valence-electron chi connectivity index (χ2n) is 1.12. The zero-order valence-corrected chi connectivity index (χ0v) is 3.96. The van der Waals surface area contributed by atoms with Crippen LogP contribution >= 0.6 is 10.6 Å². The molecule has 0 aliphatic carbocycles. The summed E-state index contributed by atoms with van der Waals surface area (Å²) in [5, 5.41) is 15.0. The molecule has 3 nitrogen and oxygen atoms in total. The Kier molecular flexibility index (Phi) is 1.19. The molecule has 6 N–H and O–H groups in total. The fourth-order valence-electron chi connectivity index (χ4n) is 0. The van der Waals surface area contributed by atoms with E-state index in [4.69, 9.17) is 15.4 Å². The predicted octanol–water partition coefficient (Wildman–Crippen LogP) is -0.958. The van der Waals surface area contributed by atoms with Crippen LogP contribution in [0.4, 0.5) is 0 Å². The monoisotopic (exact) mass is 95.1 g/mol. The lowest BCUT2D eigenvalue weighted by Gasteiger charge is -2.15. The van der Waals surface area contributed by atoms with Crippen LogP contribution in [0, 0.1) is 0 Å². The fraction of sp³-hybridized carbons (Fsp3) is 1.00. The third kappa shape index (κ3) is 398. The molecule has 0 bridgehead atoms. The Bertz CT molecular complexity index is 22.4. The topological polar surface area (TPSA) is 78.1 Å². The first-order chi connectivity index (χ1) is 2.00. The van der Waals surface area contributed by atoms with Gasteiger partial charge >= 0.3 is 0 Å². The van der Waals surface area contributed by atoms with E-state index >= 15 is 0 Å². The molecule has 0 saturated heterocycles. The van der Waals surface area contributed by atoms with Gasteiger partial charge in [0.1, 0.15) is 0 Å². The summed E-state index contributed by atoms with van der Waals surface area (Å²) in [5.74, 6) is 0. The second-order valence-corrected chi connectivity index (χ2v) is 3.35. The summed E-state index contributed by atoms with van der Waals surface area (Å²) in [7, 11) is -1.67. The van der Waals surface area contributed by atoms with Crippen LogP contribution in [0.2, 0.25) is 0 Å². The van der Waals surface area contributed by atoms with Gasteiger partial charge in [-0.1, -0.05) is 10.6 Å². The van der Waals surface area contributed by atoms with Gasteiger partial charge in [-0.3, -0.25) is 15.4 Å². The van der Waals surface area contributed by atoms with Crippen LogP contribution in [0.25, 0.3) is 0 Å². The van der Waals surface area contributed by atoms with Gasteiger partial charge in [-0.25, -0.2) is 0 Å². The van der Waals surface area contributed by atoms with Crippen molar-refractivity contribution in [2.45, 2.75) is 0 Å². The van der Waals surface area contributed by atoms with Gasteiger partial charge < -0.3 is 0 Å². The standard InChI is InChI=1S/CH9N3S/c1-5(2,3)4/h2-4H2,1H3. The van der Waals surface area contributed by atoms with Crippen molar-refractivity contribution >= 4 is 10.6 Å². The van der Waals surface area contributed by atoms with Gasteiger partial charge in [0.25, 0.3) is 0 Å². The number of hydrogen-bond donors (Lipinski definition) is 3. The van der Waals surface area contributed by atoms with Crippen LogP contribution < -0.4 is 15.4 Å². The van der Waals surface area contributed by atoms with Crippen molar-refractivity contribution in [1.82, 2.24) is 0 Å². The average Bonchev–Trinajstić information content (AvgIpc) is 0.722. The van der Waals surface area contributed by atoms with Crippen molar-refractivity contribution in [3.05, 3.63) is 0 Å². The molecule has 5 heavy (non-hydrogen) atoms. The van der Waals surface area contributed by atoms with Crippen LogP contribution in [0.1, 0.15) is 0 Å². The van der Waals surface area contributed by atoms with Gasteiger partial charge in [-0.15, -0.1) is 0 Å². The average molecular weight is 95.2 g/mol. The number of nitrogens with two attached hydrogens (primary N) is 3. The Morgan fingerprint density at radius 2 is 1.20 bits per heavy atom. The zero-order valence-electron chi connectivity index (χ0n) is 3.14. The Morgan fingerprint density at radius 3 is 1.20 bits per heavy atom. The molecular weight excluding hydrogens is 86.1 g/mol. The van der Waals surface area contributed by atoms with E-state index in [9.17, 15) is 0 Å². The second kappa shape index (κ2) is 1.14. The number of hydrogen-bond acceptors (Lipinski definition) is 3. The summed E-state index contributed by atoms with van der Waals surface area (Å²) in [5.41, 5.74) is 0. The predicted molar refractivity (Wildman–Crippen MR) is 26.1 cm³/mol. The summed E-state index contributed by atoms with van der Waals surface area (Å²) >= 11 is 0. The van der Waals surface area contributed by atoms with Crippen molar-refractivity contribution in [2.24, 2.45) is 15.4 Å². The molecule has 0 aliphatic heterocycles. The van der Waals surface area contributed by atoms with Crippen LogP contribution in [-0.2, 0) is 0 Å². The first-order valence-electron chi connectivity index (χ1n) is 1.12. The molecule has 0 aromatic heterocycles. The maximum atomic E-state index is 4.99. The van der Waals surface area contributed by atoms with Crippen molar-refractivity contribution in [3.8, 4) is 0 Å². The minimum atomic E-state index is -1.67. The highest BCUT2D eigenvalue weighted by Gasteiger charge is 1.86. The lowest BCUT2D eigenvalue weighted by Crippen LogP contribution is -2.26. The van der Waals surface area contributed by atoms with E-state index in [0.717, 1.165) is 0 Å². The van der Waals surface area contributed by atoms with E-state index in [1.165, 1.54) is 0 Å². The summed E-state index contributed by atoms with van der Waals surface area (Å²) < 4.78 is 0. The van der Waals surface area contributed by atoms with Gasteiger partial charge in [0.05, 0.1) is 0 Å². The molecule has 4 heteroatoms. The van der Waals surface area contributed by atoms with Crippen LogP contribution in [0.5, 0.6) is 0 Å². The third-order valence-corrected chi connectivity index (χ3v) is 0. The molecule has 0 aromatic carbocycles. The molecule has 0 spiro atoms. The zero-order chi connectivity index (χ0) is 4.50. The van der Waals surface area contributed by atoms with Crippen LogP contribution in [-0.4, -0.2) is 6.26 Å². The van der Waals surface area contributed by atoms with E-state index in [-0.39, 0.29) is 0 Å². The maximum Gasteiger partial charge on any atom is 0.00211 e. The van der Waals surface area contributed by atoms with E-state index in [2.05, 4.69) is 0 Å². The summed E-state index contributed by atoms with van der Waals surface area (Å²) in [6.07, 6.45) is 1.60. The Labute approximate surface area is 33.2 Å². The largest absolute Gasteiger partial charge is 0.273 e. The molecule has 0 heterocycles.